The Labute approximate surface area is 87.5 Å². The van der Waals surface area contributed by atoms with Crippen molar-refractivity contribution in [1.29, 1.82) is 0 Å². The number of carbonyl (C=O) groups is 1. The molecule has 1 aromatic rings. The number of pyridine rings is 1. The standard InChI is InChI=1S/C9H11N3OS/c1-6(13)12-8(9(10)14)7-2-4-11-5-3-7/h2-5,8H,1H3,(H2,10,14)(H,12,13). The molecule has 0 spiro atoms. The molecule has 1 aromatic heterocycles. The molecule has 5 heteroatoms. The number of aromatic nitrogens is 1. The Bertz CT molecular complexity index is 339. The zero-order valence-electron chi connectivity index (χ0n) is 7.73. The predicted molar refractivity (Wildman–Crippen MR) is 57.6 cm³/mol. The van der Waals surface area contributed by atoms with E-state index in [4.69, 9.17) is 18.0 Å². The fourth-order valence-electron chi connectivity index (χ4n) is 1.08. The minimum absolute atomic E-state index is 0.167. The van der Waals surface area contributed by atoms with E-state index in [1.165, 1.54) is 6.92 Å². The maximum atomic E-state index is 10.9. The molecule has 4 nitrogen and oxygen atoms in total. The first-order chi connectivity index (χ1) is 6.61. The quantitative estimate of drug-likeness (QED) is 0.713. The zero-order chi connectivity index (χ0) is 10.6. The maximum Gasteiger partial charge on any atom is 0.217 e. The van der Waals surface area contributed by atoms with Crippen LogP contribution < -0.4 is 11.1 Å². The van der Waals surface area contributed by atoms with Crippen LogP contribution in [0.3, 0.4) is 0 Å². The molecule has 14 heavy (non-hydrogen) atoms. The molecule has 0 aliphatic carbocycles. The first kappa shape index (κ1) is 10.6. The van der Waals surface area contributed by atoms with E-state index in [9.17, 15) is 4.79 Å². The molecule has 1 atom stereocenters. The molecule has 0 bridgehead atoms. The lowest BCUT2D eigenvalue weighted by Crippen LogP contribution is -2.35. The fourth-order valence-corrected chi connectivity index (χ4v) is 1.27. The van der Waals surface area contributed by atoms with Gasteiger partial charge in [0.2, 0.25) is 5.91 Å². The summed E-state index contributed by atoms with van der Waals surface area (Å²) in [6.07, 6.45) is 3.25. The van der Waals surface area contributed by atoms with Gasteiger partial charge in [-0.05, 0) is 17.7 Å². The van der Waals surface area contributed by atoms with Gasteiger partial charge in [-0.15, -0.1) is 0 Å². The number of nitrogens with one attached hydrogen (secondary N) is 1. The molecule has 0 aliphatic heterocycles. The van der Waals surface area contributed by atoms with E-state index in [1.807, 2.05) is 0 Å². The van der Waals surface area contributed by atoms with Crippen LogP contribution >= 0.6 is 12.2 Å². The van der Waals surface area contributed by atoms with Gasteiger partial charge in [0.25, 0.3) is 0 Å². The highest BCUT2D eigenvalue weighted by molar-refractivity contribution is 7.80. The SMILES string of the molecule is CC(=O)NC(C(N)=S)c1ccncc1. The third-order valence-electron chi connectivity index (χ3n) is 1.67. The normalized spacial score (nSPS) is 11.8. The van der Waals surface area contributed by atoms with Gasteiger partial charge >= 0.3 is 0 Å². The largest absolute Gasteiger partial charge is 0.391 e. The summed E-state index contributed by atoms with van der Waals surface area (Å²) in [4.78, 5) is 15.0. The van der Waals surface area contributed by atoms with Gasteiger partial charge in [0.15, 0.2) is 0 Å². The van der Waals surface area contributed by atoms with Gasteiger partial charge in [0, 0.05) is 19.3 Å². The molecule has 1 rings (SSSR count). The first-order valence-electron chi connectivity index (χ1n) is 4.07. The van der Waals surface area contributed by atoms with E-state index in [0.29, 0.717) is 0 Å². The topological polar surface area (TPSA) is 68.0 Å². The Morgan fingerprint density at radius 2 is 2.14 bits per heavy atom. The van der Waals surface area contributed by atoms with Crippen LogP contribution in [-0.4, -0.2) is 15.9 Å². The van der Waals surface area contributed by atoms with Gasteiger partial charge in [0.05, 0.1) is 0 Å². The molecule has 0 radical (unpaired) electrons. The summed E-state index contributed by atoms with van der Waals surface area (Å²) in [5, 5.41) is 2.66. The smallest absolute Gasteiger partial charge is 0.217 e. The Kier molecular flexibility index (Phi) is 3.53. The number of hydrogen-bond acceptors (Lipinski definition) is 3. The zero-order valence-corrected chi connectivity index (χ0v) is 8.54. The van der Waals surface area contributed by atoms with E-state index in [-0.39, 0.29) is 10.9 Å². The van der Waals surface area contributed by atoms with Crippen LogP contribution in [0.2, 0.25) is 0 Å². The second kappa shape index (κ2) is 4.66. The number of hydrogen-bond donors (Lipinski definition) is 2. The Hall–Kier alpha value is -1.49. The summed E-state index contributed by atoms with van der Waals surface area (Å²) in [5.74, 6) is -0.167. The van der Waals surface area contributed by atoms with E-state index < -0.39 is 6.04 Å². The van der Waals surface area contributed by atoms with Gasteiger partial charge in [-0.25, -0.2) is 0 Å². The van der Waals surface area contributed by atoms with Crippen LogP contribution in [0.25, 0.3) is 0 Å². The van der Waals surface area contributed by atoms with Crippen molar-refractivity contribution in [1.82, 2.24) is 10.3 Å². The highest BCUT2D eigenvalue weighted by Gasteiger charge is 2.14. The summed E-state index contributed by atoms with van der Waals surface area (Å²) in [5.41, 5.74) is 6.35. The Morgan fingerprint density at radius 1 is 1.57 bits per heavy atom. The third kappa shape index (κ3) is 2.77. The summed E-state index contributed by atoms with van der Waals surface area (Å²) in [6, 6.07) is 3.12. The van der Waals surface area contributed by atoms with Crippen LogP contribution in [-0.2, 0) is 4.79 Å². The van der Waals surface area contributed by atoms with Gasteiger partial charge in [-0.3, -0.25) is 9.78 Å². The van der Waals surface area contributed by atoms with Crippen LogP contribution in [0.5, 0.6) is 0 Å². The van der Waals surface area contributed by atoms with Crippen molar-refractivity contribution in [3.05, 3.63) is 30.1 Å². The molecule has 74 valence electrons. The van der Waals surface area contributed by atoms with Crippen molar-refractivity contribution in [3.8, 4) is 0 Å². The second-order valence-corrected chi connectivity index (χ2v) is 3.29. The monoisotopic (exact) mass is 209 g/mol. The van der Waals surface area contributed by atoms with Gasteiger partial charge in [-0.2, -0.15) is 0 Å². The molecule has 3 N–H and O–H groups in total. The molecular formula is C9H11N3OS. The van der Waals surface area contributed by atoms with E-state index in [2.05, 4.69) is 10.3 Å². The van der Waals surface area contributed by atoms with Crippen LogP contribution in [0.1, 0.15) is 18.5 Å². The molecule has 1 amide bonds. The predicted octanol–water partition coefficient (Wildman–Crippen LogP) is 0.545. The Balaban J connectivity index is 2.89. The van der Waals surface area contributed by atoms with E-state index in [1.54, 1.807) is 24.5 Å². The average Bonchev–Trinajstić information content (AvgIpc) is 2.15. The fraction of sp³-hybridized carbons (Fsp3) is 0.222. The van der Waals surface area contributed by atoms with Crippen LogP contribution in [0.4, 0.5) is 0 Å². The Morgan fingerprint density at radius 3 is 2.57 bits per heavy atom. The number of nitrogens with two attached hydrogens (primary N) is 1. The molecule has 0 saturated carbocycles. The molecule has 1 heterocycles. The van der Waals surface area contributed by atoms with Gasteiger partial charge in [0.1, 0.15) is 11.0 Å². The molecule has 0 fully saturated rings. The lowest BCUT2D eigenvalue weighted by molar-refractivity contribution is -0.119. The highest BCUT2D eigenvalue weighted by Crippen LogP contribution is 2.11. The van der Waals surface area contributed by atoms with Crippen LogP contribution in [0, 0.1) is 0 Å². The van der Waals surface area contributed by atoms with Crippen molar-refractivity contribution in [2.45, 2.75) is 13.0 Å². The number of thiocarbonyl (C=S) groups is 1. The number of amides is 1. The third-order valence-corrected chi connectivity index (χ3v) is 1.91. The lowest BCUT2D eigenvalue weighted by Gasteiger charge is -2.16. The molecular weight excluding hydrogens is 198 g/mol. The van der Waals surface area contributed by atoms with E-state index in [0.717, 1.165) is 5.56 Å². The minimum atomic E-state index is -0.412. The van der Waals surface area contributed by atoms with Crippen molar-refractivity contribution < 1.29 is 4.79 Å². The summed E-state index contributed by atoms with van der Waals surface area (Å²) in [7, 11) is 0. The number of carbonyl (C=O) groups excluding carboxylic acids is 1. The summed E-state index contributed by atoms with van der Waals surface area (Å²) in [6.45, 7) is 1.42. The van der Waals surface area contributed by atoms with Crippen molar-refractivity contribution >= 4 is 23.1 Å². The van der Waals surface area contributed by atoms with Crippen LogP contribution in [0.15, 0.2) is 24.5 Å². The molecule has 0 aliphatic rings. The molecule has 1 unspecified atom stereocenters. The summed E-state index contributed by atoms with van der Waals surface area (Å²) < 4.78 is 0. The van der Waals surface area contributed by atoms with Crippen molar-refractivity contribution in [2.24, 2.45) is 5.73 Å². The number of rotatable bonds is 3. The lowest BCUT2D eigenvalue weighted by atomic mass is 10.1. The number of nitrogens with zero attached hydrogens (tertiary/aromatic N) is 1. The van der Waals surface area contributed by atoms with Gasteiger partial charge < -0.3 is 11.1 Å². The van der Waals surface area contributed by atoms with Gasteiger partial charge in [-0.1, -0.05) is 12.2 Å². The molecule has 0 saturated heterocycles. The van der Waals surface area contributed by atoms with Crippen molar-refractivity contribution in [3.63, 3.8) is 0 Å². The van der Waals surface area contributed by atoms with E-state index >= 15 is 0 Å². The maximum absolute atomic E-state index is 10.9. The average molecular weight is 209 g/mol. The highest BCUT2D eigenvalue weighted by atomic mass is 32.1. The summed E-state index contributed by atoms with van der Waals surface area (Å²) >= 11 is 4.86. The molecule has 0 aromatic carbocycles. The second-order valence-electron chi connectivity index (χ2n) is 2.82. The minimum Gasteiger partial charge on any atom is -0.391 e. The first-order valence-corrected chi connectivity index (χ1v) is 4.48. The van der Waals surface area contributed by atoms with Crippen molar-refractivity contribution in [2.75, 3.05) is 0 Å².